The van der Waals surface area contributed by atoms with Crippen LogP contribution in [-0.2, 0) is 23.6 Å². The molecular formula is C12H19N5O4. The number of amides is 1. The predicted molar refractivity (Wildman–Crippen MR) is 75.2 cm³/mol. The highest BCUT2D eigenvalue weighted by Crippen LogP contribution is 2.03. The molecule has 2 rings (SSSR count). The van der Waals surface area contributed by atoms with Crippen molar-refractivity contribution < 1.29 is 9.53 Å². The van der Waals surface area contributed by atoms with E-state index in [1.165, 1.54) is 14.1 Å². The molecular weight excluding hydrogens is 278 g/mol. The minimum atomic E-state index is -0.610. The standard InChI is InChI=1S/C12H19N5O4/c1-8(10(18)17-4-6-21-7-5-17)13-9-11(19)15(2)12(20)16(3)14-9/h8H,4-7H2,1-3H3,(H,13,14). The zero-order valence-electron chi connectivity index (χ0n) is 12.3. The number of rotatable bonds is 3. The molecule has 1 aromatic rings. The van der Waals surface area contributed by atoms with Crippen molar-refractivity contribution in [1.29, 1.82) is 0 Å². The quantitative estimate of drug-likeness (QED) is 0.702. The fourth-order valence-electron chi connectivity index (χ4n) is 2.11. The lowest BCUT2D eigenvalue weighted by Gasteiger charge is -2.29. The molecule has 0 aromatic carbocycles. The molecule has 1 unspecified atom stereocenters. The molecule has 21 heavy (non-hydrogen) atoms. The Morgan fingerprint density at radius 3 is 2.52 bits per heavy atom. The fraction of sp³-hybridized carbons (Fsp3) is 0.667. The first-order valence-electron chi connectivity index (χ1n) is 6.69. The van der Waals surface area contributed by atoms with Gasteiger partial charge in [0.25, 0.3) is 5.56 Å². The van der Waals surface area contributed by atoms with Gasteiger partial charge in [-0.25, -0.2) is 9.48 Å². The molecule has 1 aliphatic rings. The molecule has 2 heterocycles. The number of hydrogen-bond donors (Lipinski definition) is 1. The molecule has 1 saturated heterocycles. The van der Waals surface area contributed by atoms with Gasteiger partial charge in [0.1, 0.15) is 6.04 Å². The maximum absolute atomic E-state index is 12.3. The van der Waals surface area contributed by atoms with Crippen LogP contribution in [0.2, 0.25) is 0 Å². The first-order chi connectivity index (χ1) is 9.91. The lowest BCUT2D eigenvalue weighted by Crippen LogP contribution is -2.48. The Balaban J connectivity index is 2.16. The Kier molecular flexibility index (Phi) is 4.41. The molecule has 0 saturated carbocycles. The minimum Gasteiger partial charge on any atom is -0.378 e. The Morgan fingerprint density at radius 1 is 1.29 bits per heavy atom. The number of ether oxygens (including phenoxy) is 1. The molecule has 0 aliphatic carbocycles. The van der Waals surface area contributed by atoms with Gasteiger partial charge in [0.2, 0.25) is 11.7 Å². The summed E-state index contributed by atoms with van der Waals surface area (Å²) >= 11 is 0. The first-order valence-corrected chi connectivity index (χ1v) is 6.69. The molecule has 1 amide bonds. The van der Waals surface area contributed by atoms with Crippen LogP contribution in [0.25, 0.3) is 0 Å². The molecule has 9 nitrogen and oxygen atoms in total. The number of aromatic nitrogens is 3. The van der Waals surface area contributed by atoms with Crippen molar-refractivity contribution in [2.24, 2.45) is 14.1 Å². The largest absolute Gasteiger partial charge is 0.378 e. The second kappa shape index (κ2) is 6.08. The van der Waals surface area contributed by atoms with Crippen LogP contribution in [0, 0.1) is 0 Å². The van der Waals surface area contributed by atoms with Crippen molar-refractivity contribution >= 4 is 11.7 Å². The second-order valence-corrected chi connectivity index (χ2v) is 4.92. The monoisotopic (exact) mass is 297 g/mol. The second-order valence-electron chi connectivity index (χ2n) is 4.92. The Bertz CT molecular complexity index is 644. The molecule has 1 fully saturated rings. The van der Waals surface area contributed by atoms with E-state index < -0.39 is 17.3 Å². The van der Waals surface area contributed by atoms with Crippen LogP contribution in [0.3, 0.4) is 0 Å². The van der Waals surface area contributed by atoms with Crippen LogP contribution in [0.5, 0.6) is 0 Å². The maximum Gasteiger partial charge on any atom is 0.346 e. The van der Waals surface area contributed by atoms with Gasteiger partial charge in [0.05, 0.1) is 13.2 Å². The smallest absolute Gasteiger partial charge is 0.346 e. The number of nitrogens with zero attached hydrogens (tertiary/aromatic N) is 4. The number of anilines is 1. The summed E-state index contributed by atoms with van der Waals surface area (Å²) in [5, 5.41) is 6.64. The fourth-order valence-corrected chi connectivity index (χ4v) is 2.11. The summed E-state index contributed by atoms with van der Waals surface area (Å²) in [7, 11) is 2.81. The van der Waals surface area contributed by atoms with Crippen LogP contribution in [0.4, 0.5) is 5.82 Å². The van der Waals surface area contributed by atoms with Crippen LogP contribution in [0.15, 0.2) is 9.59 Å². The number of carbonyl (C=O) groups excluding carboxylic acids is 1. The van der Waals surface area contributed by atoms with Gasteiger partial charge in [0.15, 0.2) is 0 Å². The lowest BCUT2D eigenvalue weighted by atomic mass is 10.2. The van der Waals surface area contributed by atoms with Crippen molar-refractivity contribution in [3.63, 3.8) is 0 Å². The van der Waals surface area contributed by atoms with Gasteiger partial charge in [-0.05, 0) is 6.92 Å². The molecule has 1 aromatic heterocycles. The maximum atomic E-state index is 12.3. The Labute approximate surface area is 121 Å². The van der Waals surface area contributed by atoms with Crippen molar-refractivity contribution in [3.8, 4) is 0 Å². The third kappa shape index (κ3) is 3.13. The molecule has 0 bridgehead atoms. The highest BCUT2D eigenvalue weighted by molar-refractivity contribution is 5.84. The summed E-state index contributed by atoms with van der Waals surface area (Å²) in [6, 6.07) is -0.610. The molecule has 1 atom stereocenters. The van der Waals surface area contributed by atoms with Gasteiger partial charge < -0.3 is 15.0 Å². The molecule has 0 spiro atoms. The third-order valence-electron chi connectivity index (χ3n) is 3.37. The van der Waals surface area contributed by atoms with E-state index in [2.05, 4.69) is 10.4 Å². The number of hydrogen-bond acceptors (Lipinski definition) is 6. The van der Waals surface area contributed by atoms with Crippen molar-refractivity contribution in [2.45, 2.75) is 13.0 Å². The number of morpholine rings is 1. The third-order valence-corrected chi connectivity index (χ3v) is 3.37. The van der Waals surface area contributed by atoms with Crippen LogP contribution in [-0.4, -0.2) is 57.5 Å². The van der Waals surface area contributed by atoms with E-state index in [-0.39, 0.29) is 11.7 Å². The predicted octanol–water partition coefficient (Wildman–Crippen LogP) is -1.86. The zero-order chi connectivity index (χ0) is 15.6. The Hall–Kier alpha value is -2.16. The topological polar surface area (TPSA) is 98.5 Å². The summed E-state index contributed by atoms with van der Waals surface area (Å²) < 4.78 is 7.19. The summed E-state index contributed by atoms with van der Waals surface area (Å²) in [5.41, 5.74) is -1.07. The van der Waals surface area contributed by atoms with Gasteiger partial charge in [-0.3, -0.25) is 14.2 Å². The SMILES string of the molecule is CC(Nc1nn(C)c(=O)n(C)c1=O)C(=O)N1CCOCC1. The average molecular weight is 297 g/mol. The highest BCUT2D eigenvalue weighted by atomic mass is 16.5. The zero-order valence-corrected chi connectivity index (χ0v) is 12.3. The molecule has 116 valence electrons. The number of aryl methyl sites for hydroxylation is 1. The van der Waals surface area contributed by atoms with Crippen molar-refractivity contribution in [1.82, 2.24) is 19.2 Å². The summed E-state index contributed by atoms with van der Waals surface area (Å²) in [4.78, 5) is 37.4. The van der Waals surface area contributed by atoms with Gasteiger partial charge >= 0.3 is 5.69 Å². The van der Waals surface area contributed by atoms with E-state index in [4.69, 9.17) is 4.74 Å². The normalized spacial score (nSPS) is 16.6. The molecule has 9 heteroatoms. The minimum absolute atomic E-state index is 0.0197. The van der Waals surface area contributed by atoms with E-state index in [9.17, 15) is 14.4 Å². The van der Waals surface area contributed by atoms with Crippen LogP contribution >= 0.6 is 0 Å². The van der Waals surface area contributed by atoms with Crippen molar-refractivity contribution in [3.05, 3.63) is 20.8 Å². The highest BCUT2D eigenvalue weighted by Gasteiger charge is 2.23. The van der Waals surface area contributed by atoms with Crippen LogP contribution < -0.4 is 16.6 Å². The van der Waals surface area contributed by atoms with E-state index in [1.54, 1.807) is 11.8 Å². The summed E-state index contributed by atoms with van der Waals surface area (Å²) in [6.45, 7) is 3.74. The summed E-state index contributed by atoms with van der Waals surface area (Å²) in [6.07, 6.45) is 0. The first kappa shape index (κ1) is 15.2. The van der Waals surface area contributed by atoms with Gasteiger partial charge in [-0.15, -0.1) is 5.10 Å². The van der Waals surface area contributed by atoms with E-state index >= 15 is 0 Å². The number of carbonyl (C=O) groups is 1. The van der Waals surface area contributed by atoms with Gasteiger partial charge in [-0.1, -0.05) is 0 Å². The molecule has 0 radical (unpaired) electrons. The van der Waals surface area contributed by atoms with Crippen LogP contribution in [0.1, 0.15) is 6.92 Å². The van der Waals surface area contributed by atoms with E-state index in [0.717, 1.165) is 9.25 Å². The number of nitrogens with one attached hydrogen (secondary N) is 1. The van der Waals surface area contributed by atoms with Gasteiger partial charge in [0, 0.05) is 27.2 Å². The lowest BCUT2D eigenvalue weighted by molar-refractivity contribution is -0.135. The van der Waals surface area contributed by atoms with Crippen molar-refractivity contribution in [2.75, 3.05) is 31.6 Å². The molecule has 1 aliphatic heterocycles. The van der Waals surface area contributed by atoms with E-state index in [1.807, 2.05) is 0 Å². The van der Waals surface area contributed by atoms with Gasteiger partial charge in [-0.2, -0.15) is 0 Å². The Morgan fingerprint density at radius 2 is 1.90 bits per heavy atom. The summed E-state index contributed by atoms with van der Waals surface area (Å²) in [5.74, 6) is -0.148. The molecule has 1 N–H and O–H groups in total. The average Bonchev–Trinajstić information content (AvgIpc) is 2.50. The van der Waals surface area contributed by atoms with E-state index in [0.29, 0.717) is 26.3 Å².